The quantitative estimate of drug-likeness (QED) is 0.326. The molecule has 0 saturated carbocycles. The van der Waals surface area contributed by atoms with Crippen LogP contribution >= 0.6 is 0 Å². The summed E-state index contributed by atoms with van der Waals surface area (Å²) in [6.45, 7) is 12.5. The van der Waals surface area contributed by atoms with E-state index in [0.29, 0.717) is 18.9 Å². The molecule has 1 amide bonds. The van der Waals surface area contributed by atoms with Gasteiger partial charge in [0, 0.05) is 19.5 Å². The molecule has 4 nitrogen and oxygen atoms in total. The van der Waals surface area contributed by atoms with Gasteiger partial charge >= 0.3 is 0 Å². The Labute approximate surface area is 189 Å². The summed E-state index contributed by atoms with van der Waals surface area (Å²) in [6.07, 6.45) is 12.8. The normalized spacial score (nSPS) is 14.8. The molecule has 2 rings (SSSR count). The lowest BCUT2D eigenvalue weighted by atomic mass is 10.0. The topological polar surface area (TPSA) is 41.6 Å². The molecule has 0 aromatic heterocycles. The van der Waals surface area contributed by atoms with Crippen molar-refractivity contribution in [1.29, 1.82) is 0 Å². The van der Waals surface area contributed by atoms with Crippen molar-refractivity contribution in [3.05, 3.63) is 53.6 Å². The van der Waals surface area contributed by atoms with E-state index < -0.39 is 0 Å². The second-order valence-electron chi connectivity index (χ2n) is 9.10. The summed E-state index contributed by atoms with van der Waals surface area (Å²) >= 11 is 0. The van der Waals surface area contributed by atoms with E-state index in [2.05, 4.69) is 54.9 Å². The summed E-state index contributed by atoms with van der Waals surface area (Å²) in [5.41, 5.74) is 3.45. The molecule has 4 heteroatoms. The van der Waals surface area contributed by atoms with Gasteiger partial charge < -0.3 is 10.1 Å². The van der Waals surface area contributed by atoms with Gasteiger partial charge in [0.05, 0.1) is 7.11 Å². The zero-order valence-electron chi connectivity index (χ0n) is 19.9. The summed E-state index contributed by atoms with van der Waals surface area (Å²) < 4.78 is 5.63. The maximum Gasteiger partial charge on any atom is 0.220 e. The van der Waals surface area contributed by atoms with E-state index in [-0.39, 0.29) is 5.91 Å². The van der Waals surface area contributed by atoms with Crippen molar-refractivity contribution in [1.82, 2.24) is 10.2 Å². The van der Waals surface area contributed by atoms with Crippen molar-refractivity contribution >= 4 is 5.91 Å². The van der Waals surface area contributed by atoms with E-state index in [0.717, 1.165) is 49.1 Å². The van der Waals surface area contributed by atoms with Gasteiger partial charge in [-0.3, -0.25) is 9.69 Å². The van der Waals surface area contributed by atoms with Gasteiger partial charge in [-0.1, -0.05) is 56.7 Å². The van der Waals surface area contributed by atoms with Crippen LogP contribution in [0.25, 0.3) is 0 Å². The first-order valence-electron chi connectivity index (χ1n) is 12.0. The highest BCUT2D eigenvalue weighted by molar-refractivity contribution is 5.75. The Morgan fingerprint density at radius 2 is 2.00 bits per heavy atom. The van der Waals surface area contributed by atoms with Crippen LogP contribution in [0.3, 0.4) is 0 Å². The van der Waals surface area contributed by atoms with Gasteiger partial charge in [0.2, 0.25) is 5.91 Å². The van der Waals surface area contributed by atoms with Crippen molar-refractivity contribution in [2.24, 2.45) is 5.92 Å². The number of methoxy groups -OCH3 is 1. The third-order valence-electron chi connectivity index (χ3n) is 5.72. The minimum atomic E-state index is 0.116. The van der Waals surface area contributed by atoms with Gasteiger partial charge in [-0.25, -0.2) is 0 Å². The van der Waals surface area contributed by atoms with Crippen LogP contribution in [0.15, 0.2) is 42.5 Å². The number of hydrogen-bond acceptors (Lipinski definition) is 3. The van der Waals surface area contributed by atoms with Crippen LogP contribution < -0.4 is 10.1 Å². The molecule has 0 radical (unpaired) electrons. The van der Waals surface area contributed by atoms with Gasteiger partial charge in [-0.2, -0.15) is 0 Å². The molecule has 1 aromatic rings. The van der Waals surface area contributed by atoms with Gasteiger partial charge in [0.1, 0.15) is 5.75 Å². The molecule has 0 spiro atoms. The monoisotopic (exact) mass is 426 g/mol. The number of unbranched alkanes of at least 4 members (excludes halogenated alkanes) is 2. The molecule has 1 saturated heterocycles. The molecule has 1 aliphatic heterocycles. The number of likely N-dealkylation sites (tertiary alicyclic amines) is 1. The summed E-state index contributed by atoms with van der Waals surface area (Å²) in [5, 5.41) is 3.04. The molecule has 0 unspecified atom stereocenters. The first-order chi connectivity index (χ1) is 15.0. The molecule has 31 heavy (non-hydrogen) atoms. The third kappa shape index (κ3) is 10.2. The SMILES string of the molecule is C=C(Cc1ccc(CNC(=O)CCCC/C=C/C(C)C)cc1OC)CN1CCCCC1. The number of benzene rings is 1. The molecular formula is C27H42N2O2. The van der Waals surface area contributed by atoms with Gasteiger partial charge in [-0.15, -0.1) is 0 Å². The molecule has 1 heterocycles. The number of amides is 1. The van der Waals surface area contributed by atoms with E-state index in [1.165, 1.54) is 37.9 Å². The number of allylic oxidation sites excluding steroid dienone is 2. The Balaban J connectivity index is 1.74. The lowest BCUT2D eigenvalue weighted by Gasteiger charge is -2.27. The molecule has 1 aliphatic rings. The lowest BCUT2D eigenvalue weighted by Crippen LogP contribution is -2.31. The minimum absolute atomic E-state index is 0.116. The smallest absolute Gasteiger partial charge is 0.220 e. The van der Waals surface area contributed by atoms with Crippen LogP contribution in [-0.4, -0.2) is 37.6 Å². The van der Waals surface area contributed by atoms with E-state index in [4.69, 9.17) is 4.74 Å². The molecule has 172 valence electrons. The number of ether oxygens (including phenoxy) is 1. The molecule has 0 aliphatic carbocycles. The second-order valence-corrected chi connectivity index (χ2v) is 9.10. The Hall–Kier alpha value is -2.07. The van der Waals surface area contributed by atoms with Crippen LogP contribution in [0.5, 0.6) is 5.75 Å². The molecule has 1 aromatic carbocycles. The number of carbonyl (C=O) groups is 1. The minimum Gasteiger partial charge on any atom is -0.496 e. The fraction of sp³-hybridized carbons (Fsp3) is 0.593. The second kappa shape index (κ2) is 14.1. The fourth-order valence-electron chi connectivity index (χ4n) is 4.01. The van der Waals surface area contributed by atoms with Gasteiger partial charge in [0.15, 0.2) is 0 Å². The van der Waals surface area contributed by atoms with Crippen molar-refractivity contribution < 1.29 is 9.53 Å². The maximum atomic E-state index is 12.1. The Morgan fingerprint density at radius 1 is 1.23 bits per heavy atom. The summed E-state index contributed by atoms with van der Waals surface area (Å²) in [7, 11) is 1.71. The summed E-state index contributed by atoms with van der Waals surface area (Å²) in [4.78, 5) is 14.6. The van der Waals surface area contributed by atoms with Crippen molar-refractivity contribution in [3.8, 4) is 5.75 Å². The number of rotatable bonds is 13. The average molecular weight is 427 g/mol. The van der Waals surface area contributed by atoms with Crippen LogP contribution in [0, 0.1) is 5.92 Å². The van der Waals surface area contributed by atoms with Crippen LogP contribution in [-0.2, 0) is 17.8 Å². The highest BCUT2D eigenvalue weighted by Crippen LogP contribution is 2.23. The first kappa shape index (κ1) is 25.2. The van der Waals surface area contributed by atoms with Crippen molar-refractivity contribution in [2.45, 2.75) is 71.8 Å². The van der Waals surface area contributed by atoms with Crippen LogP contribution in [0.1, 0.15) is 69.9 Å². The maximum absolute atomic E-state index is 12.1. The highest BCUT2D eigenvalue weighted by Gasteiger charge is 2.13. The largest absolute Gasteiger partial charge is 0.496 e. The van der Waals surface area contributed by atoms with E-state index in [1.54, 1.807) is 7.11 Å². The zero-order valence-corrected chi connectivity index (χ0v) is 19.9. The van der Waals surface area contributed by atoms with Crippen LogP contribution in [0.4, 0.5) is 0 Å². The fourth-order valence-corrected chi connectivity index (χ4v) is 4.01. The highest BCUT2D eigenvalue weighted by atomic mass is 16.5. The van der Waals surface area contributed by atoms with Gasteiger partial charge in [0.25, 0.3) is 0 Å². The summed E-state index contributed by atoms with van der Waals surface area (Å²) in [5.74, 6) is 1.59. The van der Waals surface area contributed by atoms with E-state index in [1.807, 2.05) is 6.07 Å². The first-order valence-corrected chi connectivity index (χ1v) is 12.0. The number of hydrogen-bond donors (Lipinski definition) is 1. The predicted octanol–water partition coefficient (Wildman–Crippen LogP) is 5.67. The Bertz CT molecular complexity index is 718. The Kier molecular flexibility index (Phi) is 11.4. The lowest BCUT2D eigenvalue weighted by molar-refractivity contribution is -0.121. The number of piperidine rings is 1. The Morgan fingerprint density at radius 3 is 2.71 bits per heavy atom. The number of carbonyl (C=O) groups excluding carboxylic acids is 1. The average Bonchev–Trinajstić information content (AvgIpc) is 2.75. The predicted molar refractivity (Wildman–Crippen MR) is 130 cm³/mol. The van der Waals surface area contributed by atoms with Gasteiger partial charge in [-0.05, 0) is 74.7 Å². The van der Waals surface area contributed by atoms with Crippen molar-refractivity contribution in [2.75, 3.05) is 26.7 Å². The number of nitrogens with one attached hydrogen (secondary N) is 1. The molecule has 0 bridgehead atoms. The van der Waals surface area contributed by atoms with E-state index in [9.17, 15) is 4.79 Å². The summed E-state index contributed by atoms with van der Waals surface area (Å²) in [6, 6.07) is 6.24. The van der Waals surface area contributed by atoms with Crippen LogP contribution in [0.2, 0.25) is 0 Å². The molecule has 1 fully saturated rings. The number of nitrogens with zero attached hydrogens (tertiary/aromatic N) is 1. The molecular weight excluding hydrogens is 384 g/mol. The third-order valence-corrected chi connectivity index (χ3v) is 5.72. The molecule has 0 atom stereocenters. The van der Waals surface area contributed by atoms with E-state index >= 15 is 0 Å². The zero-order chi connectivity index (χ0) is 22.5. The standard InChI is InChI=1S/C27H42N2O2/c1-22(2)12-8-5-6-9-13-27(30)28-20-24-14-15-25(26(19-24)31-4)18-23(3)21-29-16-10-7-11-17-29/h8,12,14-15,19,22H,3,5-7,9-11,13,16-18,20-21H2,1-2,4H3,(H,28,30)/b12-8+. The van der Waals surface area contributed by atoms with Crippen molar-refractivity contribution in [3.63, 3.8) is 0 Å². The molecule has 1 N–H and O–H groups in total.